The molecule has 2 aliphatic rings. The van der Waals surface area contributed by atoms with E-state index in [9.17, 15) is 10.1 Å². The first-order valence-electron chi connectivity index (χ1n) is 7.26. The lowest BCUT2D eigenvalue weighted by Crippen LogP contribution is -2.52. The van der Waals surface area contributed by atoms with Gasteiger partial charge in [-0.25, -0.2) is 0 Å². The maximum atomic E-state index is 12.1. The summed E-state index contributed by atoms with van der Waals surface area (Å²) in [5, 5.41) is 21.3. The first-order chi connectivity index (χ1) is 9.19. The normalized spacial score (nSPS) is 21.9. The average Bonchev–Trinajstić information content (AvgIpc) is 3.23. The molecule has 0 unspecified atom stereocenters. The zero-order valence-corrected chi connectivity index (χ0v) is 11.4. The predicted octanol–water partition coefficient (Wildman–Crippen LogP) is 0.786. The summed E-state index contributed by atoms with van der Waals surface area (Å²) in [5.74, 6) is -0.0798. The standard InChI is InChI=1S/C14H23N3O2/c15-11-14(6-2-1-3-7-14)16-13(19)10-17(8-9-18)12-4-5-12/h12,18H,1-10H2,(H,16,19). The lowest BCUT2D eigenvalue weighted by atomic mass is 9.83. The summed E-state index contributed by atoms with van der Waals surface area (Å²) in [6.07, 6.45) is 6.91. The van der Waals surface area contributed by atoms with Crippen molar-refractivity contribution in [3.05, 3.63) is 0 Å². The van der Waals surface area contributed by atoms with Crippen molar-refractivity contribution in [1.82, 2.24) is 10.2 Å². The van der Waals surface area contributed by atoms with E-state index in [1.807, 2.05) is 4.90 Å². The van der Waals surface area contributed by atoms with Gasteiger partial charge in [-0.2, -0.15) is 5.26 Å². The molecule has 5 heteroatoms. The number of nitrogens with one attached hydrogen (secondary N) is 1. The molecule has 0 bridgehead atoms. The lowest BCUT2D eigenvalue weighted by Gasteiger charge is -2.32. The van der Waals surface area contributed by atoms with E-state index in [0.717, 1.165) is 44.9 Å². The molecule has 0 heterocycles. The van der Waals surface area contributed by atoms with Crippen LogP contribution in [0.1, 0.15) is 44.9 Å². The molecule has 1 amide bonds. The Morgan fingerprint density at radius 2 is 2.05 bits per heavy atom. The molecule has 2 N–H and O–H groups in total. The summed E-state index contributed by atoms with van der Waals surface area (Å²) in [4.78, 5) is 14.1. The van der Waals surface area contributed by atoms with Gasteiger partial charge in [0.25, 0.3) is 0 Å². The highest BCUT2D eigenvalue weighted by Crippen LogP contribution is 2.28. The van der Waals surface area contributed by atoms with Crippen LogP contribution in [0.25, 0.3) is 0 Å². The van der Waals surface area contributed by atoms with E-state index in [-0.39, 0.29) is 12.5 Å². The number of amides is 1. The predicted molar refractivity (Wildman–Crippen MR) is 71.3 cm³/mol. The van der Waals surface area contributed by atoms with Crippen LogP contribution in [0.15, 0.2) is 0 Å². The maximum Gasteiger partial charge on any atom is 0.235 e. The Hall–Kier alpha value is -1.12. The molecule has 0 aromatic heterocycles. The minimum absolute atomic E-state index is 0.0766. The zero-order valence-electron chi connectivity index (χ0n) is 11.4. The van der Waals surface area contributed by atoms with Crippen LogP contribution in [0.2, 0.25) is 0 Å². The van der Waals surface area contributed by atoms with E-state index in [1.54, 1.807) is 0 Å². The van der Waals surface area contributed by atoms with Crippen LogP contribution >= 0.6 is 0 Å². The topological polar surface area (TPSA) is 76.4 Å². The van der Waals surface area contributed by atoms with Crippen molar-refractivity contribution < 1.29 is 9.90 Å². The quantitative estimate of drug-likeness (QED) is 0.744. The smallest absolute Gasteiger partial charge is 0.235 e. The largest absolute Gasteiger partial charge is 0.395 e. The fourth-order valence-electron chi connectivity index (χ4n) is 2.87. The molecule has 0 aromatic rings. The van der Waals surface area contributed by atoms with E-state index >= 15 is 0 Å². The number of carbonyl (C=O) groups is 1. The van der Waals surface area contributed by atoms with Gasteiger partial charge >= 0.3 is 0 Å². The van der Waals surface area contributed by atoms with E-state index in [2.05, 4.69) is 11.4 Å². The minimum Gasteiger partial charge on any atom is -0.395 e. The summed E-state index contributed by atoms with van der Waals surface area (Å²) in [6, 6.07) is 2.75. The van der Waals surface area contributed by atoms with Crippen molar-refractivity contribution in [2.24, 2.45) is 0 Å². The molecule has 5 nitrogen and oxygen atoms in total. The fourth-order valence-corrected chi connectivity index (χ4v) is 2.87. The van der Waals surface area contributed by atoms with Gasteiger partial charge in [-0.1, -0.05) is 19.3 Å². The average molecular weight is 265 g/mol. The highest BCUT2D eigenvalue weighted by atomic mass is 16.3. The number of aliphatic hydroxyl groups excluding tert-OH is 1. The molecule has 0 radical (unpaired) electrons. The number of nitrogens with zero attached hydrogens (tertiary/aromatic N) is 2. The molecule has 2 saturated carbocycles. The van der Waals surface area contributed by atoms with Gasteiger partial charge in [0.1, 0.15) is 5.54 Å². The van der Waals surface area contributed by atoms with Crippen molar-refractivity contribution in [1.29, 1.82) is 5.26 Å². The van der Waals surface area contributed by atoms with Gasteiger partial charge in [0, 0.05) is 12.6 Å². The third kappa shape index (κ3) is 3.92. The molecule has 0 atom stereocenters. The first kappa shape index (κ1) is 14.3. The van der Waals surface area contributed by atoms with Crippen molar-refractivity contribution >= 4 is 5.91 Å². The van der Waals surface area contributed by atoms with Crippen LogP contribution in [-0.2, 0) is 4.79 Å². The summed E-state index contributed by atoms with van der Waals surface area (Å²) >= 11 is 0. The lowest BCUT2D eigenvalue weighted by molar-refractivity contribution is -0.124. The van der Waals surface area contributed by atoms with Crippen molar-refractivity contribution in [2.45, 2.75) is 56.5 Å². The first-order valence-corrected chi connectivity index (χ1v) is 7.26. The molecule has 19 heavy (non-hydrogen) atoms. The third-order valence-electron chi connectivity index (χ3n) is 4.10. The van der Waals surface area contributed by atoms with Gasteiger partial charge in [0.15, 0.2) is 0 Å². The van der Waals surface area contributed by atoms with E-state index in [0.29, 0.717) is 19.1 Å². The second-order valence-electron chi connectivity index (χ2n) is 5.73. The van der Waals surface area contributed by atoms with Gasteiger partial charge in [0.2, 0.25) is 5.91 Å². The van der Waals surface area contributed by atoms with Crippen molar-refractivity contribution in [2.75, 3.05) is 19.7 Å². The summed E-state index contributed by atoms with van der Waals surface area (Å²) in [7, 11) is 0. The molecular formula is C14H23N3O2. The zero-order chi connectivity index (χ0) is 13.7. The highest BCUT2D eigenvalue weighted by Gasteiger charge is 2.35. The molecule has 0 aromatic carbocycles. The van der Waals surface area contributed by atoms with Crippen LogP contribution in [0.5, 0.6) is 0 Å². The molecule has 2 aliphatic carbocycles. The number of hydrogen-bond acceptors (Lipinski definition) is 4. The van der Waals surface area contributed by atoms with E-state index in [4.69, 9.17) is 5.11 Å². The summed E-state index contributed by atoms with van der Waals surface area (Å²) in [5.41, 5.74) is -0.649. The number of hydrogen-bond donors (Lipinski definition) is 2. The Morgan fingerprint density at radius 3 is 2.58 bits per heavy atom. The van der Waals surface area contributed by atoms with Crippen LogP contribution < -0.4 is 5.32 Å². The Morgan fingerprint density at radius 1 is 1.37 bits per heavy atom. The van der Waals surface area contributed by atoms with Crippen molar-refractivity contribution in [3.8, 4) is 6.07 Å². The van der Waals surface area contributed by atoms with Gasteiger partial charge in [-0.15, -0.1) is 0 Å². The second-order valence-corrected chi connectivity index (χ2v) is 5.73. The number of nitriles is 1. The van der Waals surface area contributed by atoms with E-state index < -0.39 is 5.54 Å². The van der Waals surface area contributed by atoms with E-state index in [1.165, 1.54) is 0 Å². The molecule has 2 fully saturated rings. The molecule has 0 saturated heterocycles. The summed E-state index contributed by atoms with van der Waals surface area (Å²) < 4.78 is 0. The Labute approximate surface area is 114 Å². The molecular weight excluding hydrogens is 242 g/mol. The summed E-state index contributed by atoms with van der Waals surface area (Å²) in [6.45, 7) is 0.916. The van der Waals surface area contributed by atoms with Gasteiger partial charge in [-0.05, 0) is 25.7 Å². The molecule has 0 spiro atoms. The van der Waals surface area contributed by atoms with Crippen LogP contribution in [0, 0.1) is 11.3 Å². The Bertz CT molecular complexity index is 354. The van der Waals surface area contributed by atoms with Crippen LogP contribution in [0.4, 0.5) is 0 Å². The number of rotatable bonds is 6. The Kier molecular flexibility index (Phi) is 4.78. The monoisotopic (exact) mass is 265 g/mol. The fraction of sp³-hybridized carbons (Fsp3) is 0.857. The number of aliphatic hydroxyl groups is 1. The van der Waals surface area contributed by atoms with Gasteiger partial charge in [0.05, 0.1) is 19.2 Å². The second kappa shape index (κ2) is 6.36. The maximum absolute atomic E-state index is 12.1. The van der Waals surface area contributed by atoms with Gasteiger partial charge < -0.3 is 10.4 Å². The minimum atomic E-state index is -0.649. The SMILES string of the molecule is N#CC1(NC(=O)CN(CCO)C2CC2)CCCCC1. The molecule has 0 aliphatic heterocycles. The molecule has 2 rings (SSSR count). The Balaban J connectivity index is 1.86. The van der Waals surface area contributed by atoms with Crippen LogP contribution in [0.3, 0.4) is 0 Å². The third-order valence-corrected chi connectivity index (χ3v) is 4.10. The molecule has 106 valence electrons. The van der Waals surface area contributed by atoms with Crippen LogP contribution in [-0.4, -0.2) is 47.2 Å². The van der Waals surface area contributed by atoms with Crippen molar-refractivity contribution in [3.63, 3.8) is 0 Å². The van der Waals surface area contributed by atoms with Gasteiger partial charge in [-0.3, -0.25) is 9.69 Å². The highest BCUT2D eigenvalue weighted by molar-refractivity contribution is 5.79. The number of carbonyl (C=O) groups excluding carboxylic acids is 1.